The van der Waals surface area contributed by atoms with Crippen LogP contribution in [0.1, 0.15) is 0 Å². The number of rotatable bonds is 3. The van der Waals surface area contributed by atoms with Crippen molar-refractivity contribution in [2.75, 3.05) is 4.90 Å². The zero-order valence-electron chi connectivity index (χ0n) is 19.9. The van der Waals surface area contributed by atoms with Crippen LogP contribution >= 0.6 is 0 Å². The molecule has 176 valence electrons. The predicted octanol–water partition coefficient (Wildman–Crippen LogP) is 8.52. The van der Waals surface area contributed by atoms with Gasteiger partial charge in [0.15, 0.2) is 0 Å². The lowest BCUT2D eigenvalue weighted by atomic mass is 9.97. The molecule has 2 heterocycles. The number of benzene rings is 5. The monoisotopic (exact) mass is 494 g/mol. The number of hydrogen-bond acceptors (Lipinski definition) is 3. The largest absolute Gasteiger partial charge is 0.308 e. The maximum Gasteiger partial charge on any atom is 0.0892 e. The lowest BCUT2D eigenvalue weighted by Crippen LogP contribution is -2.19. The van der Waals surface area contributed by atoms with E-state index in [-0.39, 0.29) is 0 Å². The molecule has 0 radical (unpaired) electrons. The molecule has 0 N–H and O–H groups in total. The zero-order chi connectivity index (χ0) is 24.8. The number of fused-ring (bicyclic) bond motifs is 3. The van der Waals surface area contributed by atoms with E-state index >= 15 is 0 Å². The molecule has 0 spiro atoms. The summed E-state index contributed by atoms with van der Waals surface area (Å²) >= 11 is 0. The van der Waals surface area contributed by atoms with E-state index < -0.39 is 10.8 Å². The average Bonchev–Trinajstić information content (AvgIpc) is 2.98. The Balaban J connectivity index is 1.49. The fraction of sp³-hybridized carbons (Fsp3) is 0. The Bertz CT molecular complexity index is 1750. The standard InChI is InChI=1S/C33H22N2OS/c36-37-32-17-9-7-15-30(32)35(31-16-8-10-18-33(31)37)25-19-20-28-27(21-25)26(23-11-3-1-4-12-23)22-29(34-28)24-13-5-2-6-14-24/h1-22H. The summed E-state index contributed by atoms with van der Waals surface area (Å²) in [6.07, 6.45) is 0. The topological polar surface area (TPSA) is 33.2 Å². The van der Waals surface area contributed by atoms with Crippen molar-refractivity contribution in [1.82, 2.24) is 4.98 Å². The van der Waals surface area contributed by atoms with E-state index in [1.807, 2.05) is 72.8 Å². The van der Waals surface area contributed by atoms with Gasteiger partial charge in [-0.3, -0.25) is 0 Å². The molecule has 6 aromatic rings. The van der Waals surface area contributed by atoms with Crippen LogP contribution in [-0.2, 0) is 10.8 Å². The summed E-state index contributed by atoms with van der Waals surface area (Å²) in [6, 6.07) is 45.3. The summed E-state index contributed by atoms with van der Waals surface area (Å²) in [7, 11) is -1.22. The van der Waals surface area contributed by atoms with E-state index in [1.165, 1.54) is 0 Å². The summed E-state index contributed by atoms with van der Waals surface area (Å²) < 4.78 is 13.4. The first kappa shape index (κ1) is 21.7. The van der Waals surface area contributed by atoms with Crippen LogP contribution in [0.2, 0.25) is 0 Å². The van der Waals surface area contributed by atoms with Crippen LogP contribution in [0, 0.1) is 0 Å². The van der Waals surface area contributed by atoms with E-state index in [0.717, 1.165) is 60.1 Å². The second kappa shape index (κ2) is 8.84. The van der Waals surface area contributed by atoms with Gasteiger partial charge in [0.1, 0.15) is 0 Å². The number of anilines is 3. The molecule has 0 fully saturated rings. The highest BCUT2D eigenvalue weighted by atomic mass is 32.2. The maximum absolute atomic E-state index is 13.4. The van der Waals surface area contributed by atoms with Crippen LogP contribution < -0.4 is 4.90 Å². The minimum atomic E-state index is -1.22. The molecule has 3 nitrogen and oxygen atoms in total. The number of aromatic nitrogens is 1. The second-order valence-electron chi connectivity index (χ2n) is 9.03. The van der Waals surface area contributed by atoms with E-state index in [4.69, 9.17) is 4.98 Å². The van der Waals surface area contributed by atoms with Gasteiger partial charge >= 0.3 is 0 Å². The minimum Gasteiger partial charge on any atom is -0.308 e. The van der Waals surface area contributed by atoms with Gasteiger partial charge in [-0.25, -0.2) is 9.19 Å². The van der Waals surface area contributed by atoms with Crippen LogP contribution in [0.3, 0.4) is 0 Å². The van der Waals surface area contributed by atoms with Crippen molar-refractivity contribution < 1.29 is 4.21 Å². The normalized spacial score (nSPS) is 12.8. The highest BCUT2D eigenvalue weighted by molar-refractivity contribution is 7.85. The first-order valence-electron chi connectivity index (χ1n) is 12.2. The Morgan fingerprint density at radius 2 is 1.14 bits per heavy atom. The van der Waals surface area contributed by atoms with Gasteiger partial charge in [0.25, 0.3) is 0 Å². The predicted molar refractivity (Wildman–Crippen MR) is 152 cm³/mol. The third-order valence-corrected chi connectivity index (χ3v) is 8.31. The third kappa shape index (κ3) is 3.65. The molecule has 7 rings (SSSR count). The number of hydrogen-bond donors (Lipinski definition) is 0. The Morgan fingerprint density at radius 1 is 0.568 bits per heavy atom. The Morgan fingerprint density at radius 3 is 1.78 bits per heavy atom. The lowest BCUT2D eigenvalue weighted by Gasteiger charge is -2.32. The van der Waals surface area contributed by atoms with Crippen molar-refractivity contribution >= 4 is 38.8 Å². The van der Waals surface area contributed by atoms with Crippen molar-refractivity contribution in [3.8, 4) is 22.4 Å². The van der Waals surface area contributed by atoms with Crippen LogP contribution in [0.4, 0.5) is 17.1 Å². The molecule has 37 heavy (non-hydrogen) atoms. The van der Waals surface area contributed by atoms with Gasteiger partial charge in [-0.1, -0.05) is 84.9 Å². The summed E-state index contributed by atoms with van der Waals surface area (Å²) in [4.78, 5) is 8.91. The first-order valence-corrected chi connectivity index (χ1v) is 13.4. The summed E-state index contributed by atoms with van der Waals surface area (Å²) in [5, 5.41) is 1.07. The maximum atomic E-state index is 13.4. The molecule has 0 bridgehead atoms. The SMILES string of the molecule is O=S1c2ccccc2N(c2ccc3nc(-c4ccccc4)cc(-c4ccccc4)c3c2)c2ccccc21. The van der Waals surface area contributed by atoms with Crippen LogP contribution in [0.25, 0.3) is 33.3 Å². The smallest absolute Gasteiger partial charge is 0.0892 e. The van der Waals surface area contributed by atoms with E-state index in [1.54, 1.807) is 0 Å². The first-order chi connectivity index (χ1) is 18.3. The highest BCUT2D eigenvalue weighted by Crippen LogP contribution is 2.47. The van der Waals surface area contributed by atoms with Gasteiger partial charge in [0.05, 0.1) is 43.2 Å². The molecule has 0 saturated heterocycles. The van der Waals surface area contributed by atoms with Crippen LogP contribution in [0.5, 0.6) is 0 Å². The Labute approximate surface area is 218 Å². The van der Waals surface area contributed by atoms with Crippen LogP contribution in [-0.4, -0.2) is 9.19 Å². The quantitative estimate of drug-likeness (QED) is 0.247. The summed E-state index contributed by atoms with van der Waals surface area (Å²) in [5.41, 5.74) is 8.14. The molecule has 0 aliphatic carbocycles. The van der Waals surface area contributed by atoms with Gasteiger partial charge in [0.2, 0.25) is 0 Å². The van der Waals surface area contributed by atoms with Gasteiger partial charge in [-0.2, -0.15) is 0 Å². The highest BCUT2D eigenvalue weighted by Gasteiger charge is 2.29. The molecule has 0 atom stereocenters. The second-order valence-corrected chi connectivity index (χ2v) is 10.4. The Kier molecular flexibility index (Phi) is 5.19. The fourth-order valence-corrected chi connectivity index (χ4v) is 6.43. The van der Waals surface area contributed by atoms with Crippen molar-refractivity contribution in [3.63, 3.8) is 0 Å². The lowest BCUT2D eigenvalue weighted by molar-refractivity contribution is 0.682. The molecule has 1 aromatic heterocycles. The van der Waals surface area contributed by atoms with Crippen LogP contribution in [0.15, 0.2) is 143 Å². The molecule has 1 aliphatic heterocycles. The third-order valence-electron chi connectivity index (χ3n) is 6.82. The van der Waals surface area contributed by atoms with Gasteiger partial charge < -0.3 is 4.90 Å². The van der Waals surface area contributed by atoms with Crippen molar-refractivity contribution in [1.29, 1.82) is 0 Å². The molecular formula is C33H22N2OS. The van der Waals surface area contributed by atoms with Gasteiger partial charge in [-0.05, 0) is 59.7 Å². The molecule has 5 aromatic carbocycles. The minimum absolute atomic E-state index is 0.821. The molecule has 4 heteroatoms. The average molecular weight is 495 g/mol. The molecular weight excluding hydrogens is 472 g/mol. The molecule has 0 unspecified atom stereocenters. The molecule has 0 saturated carbocycles. The number of nitrogens with zero attached hydrogens (tertiary/aromatic N) is 2. The molecule has 0 amide bonds. The Hall–Kier alpha value is -4.54. The van der Waals surface area contributed by atoms with Gasteiger partial charge in [0, 0.05) is 16.6 Å². The van der Waals surface area contributed by atoms with E-state index in [9.17, 15) is 4.21 Å². The number of pyridine rings is 1. The summed E-state index contributed by atoms with van der Waals surface area (Å²) in [5.74, 6) is 0. The molecule has 1 aliphatic rings. The van der Waals surface area contributed by atoms with E-state index in [0.29, 0.717) is 0 Å². The number of para-hydroxylation sites is 2. The zero-order valence-corrected chi connectivity index (χ0v) is 20.7. The van der Waals surface area contributed by atoms with Crippen molar-refractivity contribution in [2.24, 2.45) is 0 Å². The van der Waals surface area contributed by atoms with Crippen molar-refractivity contribution in [3.05, 3.63) is 133 Å². The summed E-state index contributed by atoms with van der Waals surface area (Å²) in [6.45, 7) is 0. The van der Waals surface area contributed by atoms with E-state index in [2.05, 4.69) is 65.6 Å². The van der Waals surface area contributed by atoms with Gasteiger partial charge in [-0.15, -0.1) is 0 Å². The fourth-order valence-electron chi connectivity index (χ4n) is 5.09. The van der Waals surface area contributed by atoms with Crippen molar-refractivity contribution in [2.45, 2.75) is 9.79 Å².